The molecule has 0 radical (unpaired) electrons. The summed E-state index contributed by atoms with van der Waals surface area (Å²) in [6, 6.07) is 12.1. The van der Waals surface area contributed by atoms with E-state index in [9.17, 15) is 0 Å². The molecule has 0 saturated heterocycles. The molecule has 0 heterocycles. The molecule has 2 heteroatoms. The predicted octanol–water partition coefficient (Wildman–Crippen LogP) is 4.63. The second-order valence-electron chi connectivity index (χ2n) is 5.83. The van der Waals surface area contributed by atoms with Crippen LogP contribution in [0.4, 0.5) is 0 Å². The first kappa shape index (κ1) is 18.2. The third-order valence-electron chi connectivity index (χ3n) is 4.31. The van der Waals surface area contributed by atoms with Gasteiger partial charge in [0.05, 0.1) is 0 Å². The van der Waals surface area contributed by atoms with Gasteiger partial charge in [-0.25, -0.2) is 0 Å². The Morgan fingerprint density at radius 2 is 1.48 bits per heavy atom. The fraction of sp³-hybridized carbons (Fsp3) is 0.684. The van der Waals surface area contributed by atoms with Gasteiger partial charge in [-0.3, -0.25) is 4.90 Å². The molecule has 0 aromatic heterocycles. The zero-order chi connectivity index (χ0) is 15.5. The van der Waals surface area contributed by atoms with E-state index in [2.05, 4.69) is 68.2 Å². The number of hydrogen-bond acceptors (Lipinski definition) is 2. The Kier molecular flexibility index (Phi) is 9.36. The van der Waals surface area contributed by atoms with Gasteiger partial charge < -0.3 is 5.32 Å². The standard InChI is InChI=1S/C19H34N2/c1-5-12-18(13-6-2)20-16-19(21(7-3)8-4)17-14-10-9-11-15-17/h9-11,14-15,18-20H,5-8,12-13,16H2,1-4H3. The number of nitrogens with zero attached hydrogens (tertiary/aromatic N) is 1. The molecule has 0 aliphatic heterocycles. The molecule has 1 rings (SSSR count). The van der Waals surface area contributed by atoms with E-state index in [1.807, 2.05) is 0 Å². The van der Waals surface area contributed by atoms with E-state index in [4.69, 9.17) is 0 Å². The lowest BCUT2D eigenvalue weighted by Crippen LogP contribution is -2.39. The Morgan fingerprint density at radius 1 is 0.905 bits per heavy atom. The minimum absolute atomic E-state index is 0.484. The highest BCUT2D eigenvalue weighted by Crippen LogP contribution is 2.20. The van der Waals surface area contributed by atoms with Crippen molar-refractivity contribution in [3.63, 3.8) is 0 Å². The monoisotopic (exact) mass is 290 g/mol. The largest absolute Gasteiger partial charge is 0.312 e. The Morgan fingerprint density at radius 3 is 1.95 bits per heavy atom. The summed E-state index contributed by atoms with van der Waals surface area (Å²) in [6.45, 7) is 12.3. The van der Waals surface area contributed by atoms with Crippen molar-refractivity contribution in [2.75, 3.05) is 19.6 Å². The molecule has 1 unspecified atom stereocenters. The van der Waals surface area contributed by atoms with Gasteiger partial charge in [0.15, 0.2) is 0 Å². The SMILES string of the molecule is CCCC(CCC)NCC(c1ccccc1)N(CC)CC. The van der Waals surface area contributed by atoms with Gasteiger partial charge in [0.1, 0.15) is 0 Å². The molecule has 0 aliphatic carbocycles. The van der Waals surface area contributed by atoms with Crippen LogP contribution in [-0.4, -0.2) is 30.6 Å². The first-order chi connectivity index (χ1) is 10.3. The maximum absolute atomic E-state index is 3.83. The molecule has 0 fully saturated rings. The zero-order valence-electron chi connectivity index (χ0n) is 14.4. The summed E-state index contributed by atoms with van der Waals surface area (Å²) in [5.41, 5.74) is 1.43. The highest BCUT2D eigenvalue weighted by molar-refractivity contribution is 5.19. The van der Waals surface area contributed by atoms with Crippen molar-refractivity contribution in [3.05, 3.63) is 35.9 Å². The average Bonchev–Trinajstić information content (AvgIpc) is 2.52. The van der Waals surface area contributed by atoms with Gasteiger partial charge in [-0.05, 0) is 31.5 Å². The number of nitrogens with one attached hydrogen (secondary N) is 1. The van der Waals surface area contributed by atoms with Crippen LogP contribution >= 0.6 is 0 Å². The first-order valence-electron chi connectivity index (χ1n) is 8.79. The van der Waals surface area contributed by atoms with E-state index < -0.39 is 0 Å². The number of benzene rings is 1. The average molecular weight is 290 g/mol. The summed E-state index contributed by atoms with van der Waals surface area (Å²) < 4.78 is 0. The van der Waals surface area contributed by atoms with Gasteiger partial charge >= 0.3 is 0 Å². The van der Waals surface area contributed by atoms with Crippen LogP contribution in [-0.2, 0) is 0 Å². The highest BCUT2D eigenvalue weighted by Gasteiger charge is 2.18. The summed E-state index contributed by atoms with van der Waals surface area (Å²) in [4.78, 5) is 2.55. The van der Waals surface area contributed by atoms with Crippen molar-refractivity contribution < 1.29 is 0 Å². The number of rotatable bonds is 11. The molecular weight excluding hydrogens is 256 g/mol. The molecule has 1 aromatic rings. The summed E-state index contributed by atoms with van der Waals surface area (Å²) in [7, 11) is 0. The van der Waals surface area contributed by atoms with Crippen LogP contribution in [0.2, 0.25) is 0 Å². The lowest BCUT2D eigenvalue weighted by atomic mass is 10.0. The maximum Gasteiger partial charge on any atom is 0.0472 e. The molecule has 1 aromatic carbocycles. The van der Waals surface area contributed by atoms with E-state index in [0.29, 0.717) is 12.1 Å². The van der Waals surface area contributed by atoms with Gasteiger partial charge in [-0.1, -0.05) is 70.9 Å². The smallest absolute Gasteiger partial charge is 0.0472 e. The molecule has 0 aliphatic rings. The normalized spacial score (nSPS) is 13.0. The van der Waals surface area contributed by atoms with Crippen molar-refractivity contribution in [3.8, 4) is 0 Å². The minimum atomic E-state index is 0.484. The third kappa shape index (κ3) is 6.19. The maximum atomic E-state index is 3.83. The van der Waals surface area contributed by atoms with E-state index in [1.54, 1.807) is 0 Å². The fourth-order valence-electron chi connectivity index (χ4n) is 3.12. The van der Waals surface area contributed by atoms with E-state index >= 15 is 0 Å². The number of hydrogen-bond donors (Lipinski definition) is 1. The molecule has 0 saturated carbocycles. The van der Waals surface area contributed by atoms with Crippen LogP contribution < -0.4 is 5.32 Å². The highest BCUT2D eigenvalue weighted by atomic mass is 15.2. The van der Waals surface area contributed by atoms with E-state index in [-0.39, 0.29) is 0 Å². The summed E-state index contributed by atoms with van der Waals surface area (Å²) in [5, 5.41) is 3.83. The van der Waals surface area contributed by atoms with Crippen LogP contribution in [0.1, 0.15) is 65.0 Å². The molecule has 0 bridgehead atoms. The summed E-state index contributed by atoms with van der Waals surface area (Å²) >= 11 is 0. The van der Waals surface area contributed by atoms with Gasteiger partial charge in [0, 0.05) is 18.6 Å². The topological polar surface area (TPSA) is 15.3 Å². The fourth-order valence-corrected chi connectivity index (χ4v) is 3.12. The Balaban J connectivity index is 2.73. The quantitative estimate of drug-likeness (QED) is 0.639. The van der Waals surface area contributed by atoms with E-state index in [0.717, 1.165) is 19.6 Å². The molecule has 21 heavy (non-hydrogen) atoms. The van der Waals surface area contributed by atoms with E-state index in [1.165, 1.54) is 31.2 Å². The van der Waals surface area contributed by atoms with Gasteiger partial charge in [0.25, 0.3) is 0 Å². The molecule has 2 nitrogen and oxygen atoms in total. The second kappa shape index (κ2) is 10.8. The van der Waals surface area contributed by atoms with Crippen molar-refractivity contribution in [2.24, 2.45) is 0 Å². The Bertz CT molecular complexity index is 340. The molecule has 0 amide bonds. The van der Waals surface area contributed by atoms with Gasteiger partial charge in [0.2, 0.25) is 0 Å². The van der Waals surface area contributed by atoms with Crippen molar-refractivity contribution in [1.29, 1.82) is 0 Å². The lowest BCUT2D eigenvalue weighted by Gasteiger charge is -2.32. The summed E-state index contributed by atoms with van der Waals surface area (Å²) in [6.07, 6.45) is 5.10. The third-order valence-corrected chi connectivity index (χ3v) is 4.31. The van der Waals surface area contributed by atoms with Crippen molar-refractivity contribution >= 4 is 0 Å². The van der Waals surface area contributed by atoms with Crippen molar-refractivity contribution in [2.45, 2.75) is 65.5 Å². The minimum Gasteiger partial charge on any atom is -0.312 e. The predicted molar refractivity (Wildman–Crippen MR) is 93.7 cm³/mol. The lowest BCUT2D eigenvalue weighted by molar-refractivity contribution is 0.206. The zero-order valence-corrected chi connectivity index (χ0v) is 14.4. The second-order valence-corrected chi connectivity index (χ2v) is 5.83. The van der Waals surface area contributed by atoms with Crippen LogP contribution in [0.25, 0.3) is 0 Å². The van der Waals surface area contributed by atoms with Crippen LogP contribution in [0.5, 0.6) is 0 Å². The van der Waals surface area contributed by atoms with Gasteiger partial charge in [-0.15, -0.1) is 0 Å². The molecule has 1 N–H and O–H groups in total. The Hall–Kier alpha value is -0.860. The summed E-state index contributed by atoms with van der Waals surface area (Å²) in [5.74, 6) is 0. The molecular formula is C19H34N2. The first-order valence-corrected chi connectivity index (χ1v) is 8.79. The van der Waals surface area contributed by atoms with Crippen LogP contribution in [0, 0.1) is 0 Å². The molecule has 0 spiro atoms. The number of likely N-dealkylation sites (N-methyl/N-ethyl adjacent to an activating group) is 1. The van der Waals surface area contributed by atoms with Crippen molar-refractivity contribution in [1.82, 2.24) is 10.2 Å². The Labute approximate surface area is 131 Å². The molecule has 120 valence electrons. The van der Waals surface area contributed by atoms with Gasteiger partial charge in [-0.2, -0.15) is 0 Å². The van der Waals surface area contributed by atoms with Crippen LogP contribution in [0.3, 0.4) is 0 Å². The van der Waals surface area contributed by atoms with Crippen LogP contribution in [0.15, 0.2) is 30.3 Å². The molecule has 1 atom stereocenters.